The van der Waals surface area contributed by atoms with Crippen molar-refractivity contribution < 1.29 is 29.3 Å². The van der Waals surface area contributed by atoms with Crippen LogP contribution < -0.4 is 5.32 Å². The number of nitrogens with one attached hydrogen (secondary N) is 1. The molecule has 3 N–H and O–H groups in total. The molecule has 0 saturated carbocycles. The maximum Gasteiger partial charge on any atom is 0.407 e. The van der Waals surface area contributed by atoms with Crippen LogP contribution in [0.15, 0.2) is 18.2 Å². The van der Waals surface area contributed by atoms with Gasteiger partial charge in [0.15, 0.2) is 6.29 Å². The summed E-state index contributed by atoms with van der Waals surface area (Å²) in [5.74, 6) is -0.293. The molecule has 0 spiro atoms. The van der Waals surface area contributed by atoms with E-state index < -0.39 is 30.6 Å². The Morgan fingerprint density at radius 2 is 1.87 bits per heavy atom. The molecule has 1 aliphatic rings. The van der Waals surface area contributed by atoms with Gasteiger partial charge in [-0.25, -0.2) is 4.79 Å². The highest BCUT2D eigenvalue weighted by atomic mass is 16.7. The van der Waals surface area contributed by atoms with E-state index in [9.17, 15) is 19.8 Å². The smallest absolute Gasteiger partial charge is 0.407 e. The van der Waals surface area contributed by atoms with E-state index in [0.717, 1.165) is 21.6 Å². The van der Waals surface area contributed by atoms with Crippen molar-refractivity contribution in [3.63, 3.8) is 0 Å². The van der Waals surface area contributed by atoms with Gasteiger partial charge >= 0.3 is 6.09 Å². The number of hydrogen-bond acceptors (Lipinski definition) is 5. The molecule has 0 radical (unpaired) electrons. The fourth-order valence-corrected chi connectivity index (χ4v) is 3.82. The molecule has 8 heteroatoms. The van der Waals surface area contributed by atoms with Gasteiger partial charge in [-0.2, -0.15) is 0 Å². The molecule has 2 rings (SSSR count). The van der Waals surface area contributed by atoms with Crippen LogP contribution >= 0.6 is 0 Å². The van der Waals surface area contributed by atoms with Crippen LogP contribution in [0.1, 0.15) is 44.4 Å². The molecule has 1 fully saturated rings. The fourth-order valence-electron chi connectivity index (χ4n) is 3.82. The molecule has 8 nitrogen and oxygen atoms in total. The van der Waals surface area contributed by atoms with Crippen LogP contribution in [-0.2, 0) is 20.7 Å². The number of benzene rings is 1. The first-order valence-corrected chi connectivity index (χ1v) is 10.6. The number of rotatable bonds is 7. The summed E-state index contributed by atoms with van der Waals surface area (Å²) in [6, 6.07) is 4.55. The number of aliphatic hydroxyl groups excluding tert-OH is 1. The third-order valence-electron chi connectivity index (χ3n) is 5.08. The minimum atomic E-state index is -1.16. The highest BCUT2D eigenvalue weighted by Gasteiger charge is 2.40. The third-order valence-corrected chi connectivity index (χ3v) is 5.08. The molecular formula is C23H36N2O6. The van der Waals surface area contributed by atoms with Crippen LogP contribution in [0.2, 0.25) is 0 Å². The van der Waals surface area contributed by atoms with Gasteiger partial charge in [0.25, 0.3) is 0 Å². The largest absolute Gasteiger partial charge is 0.465 e. The molecule has 0 unspecified atom stereocenters. The summed E-state index contributed by atoms with van der Waals surface area (Å²) < 4.78 is 11.5. The number of carbonyl (C=O) groups excluding carboxylic acids is 1. The van der Waals surface area contributed by atoms with Gasteiger partial charge in [-0.15, -0.1) is 0 Å². The zero-order chi connectivity index (χ0) is 23.3. The molecule has 1 aromatic rings. The molecule has 4 atom stereocenters. The van der Waals surface area contributed by atoms with Gasteiger partial charge < -0.3 is 25.0 Å². The Labute approximate surface area is 184 Å². The zero-order valence-corrected chi connectivity index (χ0v) is 19.3. The van der Waals surface area contributed by atoms with Gasteiger partial charge in [0.1, 0.15) is 0 Å². The molecule has 1 heterocycles. The van der Waals surface area contributed by atoms with Crippen LogP contribution in [0.4, 0.5) is 4.79 Å². The number of aliphatic hydroxyl groups is 1. The van der Waals surface area contributed by atoms with Gasteiger partial charge in [-0.05, 0) is 31.2 Å². The average Bonchev–Trinajstić information content (AvgIpc) is 2.63. The number of nitrogens with zero attached hydrogens (tertiary/aromatic N) is 1. The Morgan fingerprint density at radius 1 is 1.26 bits per heavy atom. The highest BCUT2D eigenvalue weighted by molar-refractivity contribution is 5.73. The summed E-state index contributed by atoms with van der Waals surface area (Å²) in [5, 5.41) is 23.6. The molecule has 31 heavy (non-hydrogen) atoms. The van der Waals surface area contributed by atoms with Crippen LogP contribution in [-0.4, -0.2) is 71.3 Å². The molecule has 174 valence electrons. The minimum Gasteiger partial charge on any atom is -0.465 e. The third kappa shape index (κ3) is 7.79. The van der Waals surface area contributed by atoms with E-state index >= 15 is 0 Å². The van der Waals surface area contributed by atoms with Gasteiger partial charge in [0, 0.05) is 6.92 Å². The molecule has 1 saturated heterocycles. The molecular weight excluding hydrogens is 400 g/mol. The number of morpholine rings is 1. The lowest BCUT2D eigenvalue weighted by Gasteiger charge is -2.42. The Bertz CT molecular complexity index is 756. The number of amides is 2. The number of hydrogen-bond donors (Lipinski definition) is 3. The second-order valence-electron chi connectivity index (χ2n) is 9.63. The summed E-state index contributed by atoms with van der Waals surface area (Å²) in [6.45, 7) is 11.8. The van der Waals surface area contributed by atoms with E-state index in [1.165, 1.54) is 6.92 Å². The lowest BCUT2D eigenvalue weighted by atomic mass is 9.93. The summed E-state index contributed by atoms with van der Waals surface area (Å²) in [7, 11) is 0. The van der Waals surface area contributed by atoms with Gasteiger partial charge in [-0.1, -0.05) is 50.1 Å². The molecule has 1 aromatic carbocycles. The quantitative estimate of drug-likeness (QED) is 0.606. The van der Waals surface area contributed by atoms with Crippen molar-refractivity contribution in [3.8, 4) is 0 Å². The van der Waals surface area contributed by atoms with Crippen LogP contribution in [0.25, 0.3) is 0 Å². The first kappa shape index (κ1) is 25.1. The lowest BCUT2D eigenvalue weighted by Crippen LogP contribution is -2.62. The topological polar surface area (TPSA) is 108 Å². The first-order chi connectivity index (χ1) is 14.4. The first-order valence-electron chi connectivity index (χ1n) is 10.6. The molecule has 0 bridgehead atoms. The molecule has 0 aromatic heterocycles. The second kappa shape index (κ2) is 10.4. The highest BCUT2D eigenvalue weighted by Crippen LogP contribution is 2.22. The summed E-state index contributed by atoms with van der Waals surface area (Å²) in [4.78, 5) is 24.9. The Morgan fingerprint density at radius 3 is 2.39 bits per heavy atom. The van der Waals surface area contributed by atoms with E-state index in [2.05, 4.69) is 5.32 Å². The van der Waals surface area contributed by atoms with E-state index in [1.54, 1.807) is 0 Å². The predicted octanol–water partition coefficient (Wildman–Crippen LogP) is 2.48. The Balaban J connectivity index is 2.17. The lowest BCUT2D eigenvalue weighted by molar-refractivity contribution is -0.208. The minimum absolute atomic E-state index is 0.0104. The van der Waals surface area contributed by atoms with E-state index in [0.29, 0.717) is 13.0 Å². The van der Waals surface area contributed by atoms with Crippen LogP contribution in [0, 0.1) is 19.3 Å². The number of carboxylic acid groups (broad SMARTS) is 1. The monoisotopic (exact) mass is 436 g/mol. The van der Waals surface area contributed by atoms with Gasteiger partial charge in [-0.3, -0.25) is 9.69 Å². The van der Waals surface area contributed by atoms with Crippen molar-refractivity contribution in [3.05, 3.63) is 34.9 Å². The molecule has 0 aliphatic carbocycles. The summed E-state index contributed by atoms with van der Waals surface area (Å²) in [5.41, 5.74) is 3.03. The number of aryl methyl sites for hydroxylation is 2. The van der Waals surface area contributed by atoms with Crippen LogP contribution in [0.5, 0.6) is 0 Å². The second-order valence-corrected chi connectivity index (χ2v) is 9.63. The summed E-state index contributed by atoms with van der Waals surface area (Å²) >= 11 is 0. The van der Waals surface area contributed by atoms with Crippen molar-refractivity contribution in [1.29, 1.82) is 0 Å². The maximum atomic E-state index is 11.9. The van der Waals surface area contributed by atoms with Crippen LogP contribution in [0.3, 0.4) is 0 Å². The van der Waals surface area contributed by atoms with E-state index in [4.69, 9.17) is 9.47 Å². The summed E-state index contributed by atoms with van der Waals surface area (Å²) in [6.07, 6.45) is -2.64. The predicted molar refractivity (Wildman–Crippen MR) is 117 cm³/mol. The van der Waals surface area contributed by atoms with E-state index in [-0.39, 0.29) is 24.5 Å². The maximum absolute atomic E-state index is 11.9. The zero-order valence-electron chi connectivity index (χ0n) is 19.3. The molecule has 2 amide bonds. The number of carbonyl (C=O) groups is 2. The molecule has 1 aliphatic heterocycles. The van der Waals surface area contributed by atoms with Gasteiger partial charge in [0.05, 0.1) is 37.9 Å². The van der Waals surface area contributed by atoms with E-state index in [1.807, 2.05) is 52.8 Å². The fraction of sp³-hybridized carbons (Fsp3) is 0.652. The average molecular weight is 437 g/mol. The van der Waals surface area contributed by atoms with Crippen molar-refractivity contribution in [2.24, 2.45) is 5.41 Å². The van der Waals surface area contributed by atoms with Gasteiger partial charge in [0.2, 0.25) is 5.91 Å². The standard InChI is InChI=1S/C23H36N2O6/c1-14-7-15(2)9-17(8-14)10-18(24-16(3)26)21(27)19-12-30-20(11-25(19)22(28)29)31-13-23(4,5)6/h7-9,18-21,27H,10-13H2,1-6H3,(H,24,26)(H,28,29)/t18-,19+,20-,21-/m0/s1. The Hall–Kier alpha value is -2.16. The number of ether oxygens (including phenoxy) is 2. The normalized spacial score (nSPS) is 21.5. The van der Waals surface area contributed by atoms with Crippen molar-refractivity contribution in [2.45, 2.75) is 72.4 Å². The van der Waals surface area contributed by atoms with Crippen molar-refractivity contribution >= 4 is 12.0 Å². The SMILES string of the molecule is CC(=O)N[C@@H](Cc1cc(C)cc(C)c1)[C@H](O)[C@H]1CO[C@@H](OCC(C)(C)C)CN1C(=O)O. The Kier molecular flexibility index (Phi) is 8.45. The van der Waals surface area contributed by atoms with Crippen molar-refractivity contribution in [1.82, 2.24) is 10.2 Å². The van der Waals surface area contributed by atoms with Crippen molar-refractivity contribution in [2.75, 3.05) is 19.8 Å².